The Morgan fingerprint density at radius 2 is 1.68 bits per heavy atom. The molecule has 0 spiro atoms. The maximum atomic E-state index is 12.3. The lowest BCUT2D eigenvalue weighted by Gasteiger charge is -2.19. The van der Waals surface area contributed by atoms with Gasteiger partial charge in [0.25, 0.3) is 0 Å². The first-order chi connectivity index (χ1) is 13.8. The van der Waals surface area contributed by atoms with Crippen molar-refractivity contribution in [2.45, 2.75) is 25.4 Å². The number of likely N-dealkylation sites (tertiary alicyclic amines) is 1. The van der Waals surface area contributed by atoms with Crippen molar-refractivity contribution in [3.63, 3.8) is 0 Å². The van der Waals surface area contributed by atoms with E-state index in [1.807, 2.05) is 12.1 Å². The fraction of sp³-hybridized carbons (Fsp3) is 0.435. The average molecular weight is 379 g/mol. The van der Waals surface area contributed by atoms with Crippen molar-refractivity contribution >= 4 is 11.7 Å². The number of para-hydroxylation sites is 1. The lowest BCUT2D eigenvalue weighted by atomic mass is 10.1. The summed E-state index contributed by atoms with van der Waals surface area (Å²) in [5.74, 6) is 0.518. The van der Waals surface area contributed by atoms with Crippen LogP contribution in [0, 0.1) is 5.92 Å². The number of hydrogen-bond acceptors (Lipinski definition) is 3. The Balaban J connectivity index is 1.15. The number of nitrogens with zero attached hydrogens (tertiary/aromatic N) is 2. The molecule has 5 nitrogen and oxygen atoms in total. The number of benzene rings is 2. The van der Waals surface area contributed by atoms with Crippen LogP contribution in [0.2, 0.25) is 0 Å². The van der Waals surface area contributed by atoms with Gasteiger partial charge in [-0.05, 0) is 36.5 Å². The normalized spacial score (nSPS) is 22.4. The highest BCUT2D eigenvalue weighted by Crippen LogP contribution is 2.23. The van der Waals surface area contributed by atoms with Crippen LogP contribution in [0.15, 0.2) is 60.7 Å². The van der Waals surface area contributed by atoms with Gasteiger partial charge < -0.3 is 15.5 Å². The molecule has 5 heteroatoms. The van der Waals surface area contributed by atoms with E-state index in [2.05, 4.69) is 69.0 Å². The molecular formula is C23H30N4O. The lowest BCUT2D eigenvalue weighted by molar-refractivity contribution is 0.234. The van der Waals surface area contributed by atoms with Gasteiger partial charge in [-0.1, -0.05) is 48.5 Å². The zero-order valence-electron chi connectivity index (χ0n) is 16.4. The molecule has 2 aromatic rings. The highest BCUT2D eigenvalue weighted by atomic mass is 16.2. The van der Waals surface area contributed by atoms with Crippen LogP contribution in [0.3, 0.4) is 0 Å². The Bertz CT molecular complexity index is 752. The molecule has 0 saturated carbocycles. The molecule has 2 aliphatic heterocycles. The molecule has 0 aliphatic carbocycles. The van der Waals surface area contributed by atoms with Gasteiger partial charge in [-0.3, -0.25) is 4.90 Å². The smallest absolute Gasteiger partial charge is 0.315 e. The summed E-state index contributed by atoms with van der Waals surface area (Å²) in [6.45, 7) is 5.74. The van der Waals surface area contributed by atoms with Crippen LogP contribution < -0.4 is 15.5 Å². The molecule has 2 aromatic carbocycles. The highest BCUT2D eigenvalue weighted by Gasteiger charge is 2.25. The minimum Gasteiger partial charge on any atom is -0.371 e. The molecule has 2 atom stereocenters. The van der Waals surface area contributed by atoms with E-state index >= 15 is 0 Å². The molecule has 148 valence electrons. The summed E-state index contributed by atoms with van der Waals surface area (Å²) < 4.78 is 0. The molecule has 0 radical (unpaired) electrons. The van der Waals surface area contributed by atoms with Gasteiger partial charge >= 0.3 is 6.03 Å². The zero-order valence-corrected chi connectivity index (χ0v) is 16.4. The standard InChI is InChI=1S/C23H30N4O/c28-23(24-15-20-11-14-27(17-20)22-9-5-2-6-10-22)25-21-12-13-26(18-21)16-19-7-3-1-4-8-19/h1-10,20-21H,11-18H2,(H2,24,25,28). The van der Waals surface area contributed by atoms with Gasteiger partial charge in [-0.15, -0.1) is 0 Å². The number of carbonyl (C=O) groups excluding carboxylic acids is 1. The fourth-order valence-corrected chi connectivity index (χ4v) is 4.28. The number of carbonyl (C=O) groups is 1. The van der Waals surface area contributed by atoms with Gasteiger partial charge in [-0.25, -0.2) is 4.79 Å². The third-order valence-corrected chi connectivity index (χ3v) is 5.82. The van der Waals surface area contributed by atoms with E-state index in [4.69, 9.17) is 0 Å². The van der Waals surface area contributed by atoms with Crippen molar-refractivity contribution in [3.05, 3.63) is 66.2 Å². The van der Waals surface area contributed by atoms with Crippen LogP contribution >= 0.6 is 0 Å². The van der Waals surface area contributed by atoms with E-state index in [9.17, 15) is 4.79 Å². The third kappa shape index (κ3) is 5.04. The first kappa shape index (κ1) is 18.8. The van der Waals surface area contributed by atoms with E-state index in [0.717, 1.165) is 52.1 Å². The summed E-state index contributed by atoms with van der Waals surface area (Å²) >= 11 is 0. The average Bonchev–Trinajstić information content (AvgIpc) is 3.38. The second kappa shape index (κ2) is 9.11. The van der Waals surface area contributed by atoms with Gasteiger partial charge in [-0.2, -0.15) is 0 Å². The molecule has 2 saturated heterocycles. The molecule has 4 rings (SSSR count). The van der Waals surface area contributed by atoms with Crippen LogP contribution in [0.5, 0.6) is 0 Å². The molecule has 0 bridgehead atoms. The van der Waals surface area contributed by atoms with Crippen molar-refractivity contribution in [1.82, 2.24) is 15.5 Å². The summed E-state index contributed by atoms with van der Waals surface area (Å²) in [5.41, 5.74) is 2.61. The van der Waals surface area contributed by atoms with Crippen LogP contribution in [0.1, 0.15) is 18.4 Å². The van der Waals surface area contributed by atoms with E-state index in [-0.39, 0.29) is 12.1 Å². The van der Waals surface area contributed by atoms with Crippen LogP contribution in [0.4, 0.5) is 10.5 Å². The van der Waals surface area contributed by atoms with Gasteiger partial charge in [0.05, 0.1) is 0 Å². The second-order valence-electron chi connectivity index (χ2n) is 8.00. The topological polar surface area (TPSA) is 47.6 Å². The Hall–Kier alpha value is -2.53. The number of anilines is 1. The van der Waals surface area contributed by atoms with Crippen LogP contribution in [-0.2, 0) is 6.54 Å². The summed E-state index contributed by atoms with van der Waals surface area (Å²) in [6, 6.07) is 21.3. The Morgan fingerprint density at radius 3 is 2.46 bits per heavy atom. The predicted molar refractivity (Wildman–Crippen MR) is 113 cm³/mol. The van der Waals surface area contributed by atoms with E-state index < -0.39 is 0 Å². The summed E-state index contributed by atoms with van der Waals surface area (Å²) in [6.07, 6.45) is 2.15. The summed E-state index contributed by atoms with van der Waals surface area (Å²) in [4.78, 5) is 17.1. The number of amides is 2. The quantitative estimate of drug-likeness (QED) is 0.812. The van der Waals surface area contributed by atoms with Crippen molar-refractivity contribution < 1.29 is 4.79 Å². The van der Waals surface area contributed by atoms with Gasteiger partial charge in [0, 0.05) is 51.0 Å². The molecule has 2 N–H and O–H groups in total. The van der Waals surface area contributed by atoms with E-state index in [0.29, 0.717) is 5.92 Å². The first-order valence-corrected chi connectivity index (χ1v) is 10.4. The fourth-order valence-electron chi connectivity index (χ4n) is 4.28. The molecular weight excluding hydrogens is 348 g/mol. The minimum absolute atomic E-state index is 0.0234. The van der Waals surface area contributed by atoms with Crippen molar-refractivity contribution in [2.75, 3.05) is 37.6 Å². The molecule has 2 amide bonds. The number of rotatable bonds is 6. The molecule has 2 unspecified atom stereocenters. The number of hydrogen-bond donors (Lipinski definition) is 2. The van der Waals surface area contributed by atoms with Gasteiger partial charge in [0.1, 0.15) is 0 Å². The van der Waals surface area contributed by atoms with Crippen molar-refractivity contribution in [3.8, 4) is 0 Å². The lowest BCUT2D eigenvalue weighted by Crippen LogP contribution is -2.44. The van der Waals surface area contributed by atoms with E-state index in [1.165, 1.54) is 11.3 Å². The van der Waals surface area contributed by atoms with Crippen molar-refractivity contribution in [1.29, 1.82) is 0 Å². The highest BCUT2D eigenvalue weighted by molar-refractivity contribution is 5.74. The first-order valence-electron chi connectivity index (χ1n) is 10.4. The van der Waals surface area contributed by atoms with Crippen LogP contribution in [0.25, 0.3) is 0 Å². The van der Waals surface area contributed by atoms with Crippen LogP contribution in [-0.4, -0.2) is 49.7 Å². The Morgan fingerprint density at radius 1 is 0.929 bits per heavy atom. The Labute approximate surface area is 167 Å². The maximum absolute atomic E-state index is 12.3. The Kier molecular flexibility index (Phi) is 6.12. The summed E-state index contributed by atoms with van der Waals surface area (Å²) in [7, 11) is 0. The SMILES string of the molecule is O=C(NCC1CCN(c2ccccc2)C1)NC1CCN(Cc2ccccc2)C1. The van der Waals surface area contributed by atoms with Gasteiger partial charge in [0.2, 0.25) is 0 Å². The largest absolute Gasteiger partial charge is 0.371 e. The second-order valence-corrected chi connectivity index (χ2v) is 8.00. The molecule has 28 heavy (non-hydrogen) atoms. The number of urea groups is 1. The summed E-state index contributed by atoms with van der Waals surface area (Å²) in [5, 5.41) is 6.25. The third-order valence-electron chi connectivity index (χ3n) is 5.82. The monoisotopic (exact) mass is 378 g/mol. The molecule has 0 aromatic heterocycles. The number of nitrogens with one attached hydrogen (secondary N) is 2. The molecule has 2 aliphatic rings. The molecule has 2 fully saturated rings. The zero-order chi connectivity index (χ0) is 19.2. The van der Waals surface area contributed by atoms with Crippen molar-refractivity contribution in [2.24, 2.45) is 5.92 Å². The van der Waals surface area contributed by atoms with Gasteiger partial charge in [0.15, 0.2) is 0 Å². The molecule has 2 heterocycles. The van der Waals surface area contributed by atoms with E-state index in [1.54, 1.807) is 0 Å². The maximum Gasteiger partial charge on any atom is 0.315 e. The minimum atomic E-state index is -0.0234. The predicted octanol–water partition coefficient (Wildman–Crippen LogP) is 3.09.